The summed E-state index contributed by atoms with van der Waals surface area (Å²) in [6, 6.07) is 16.0. The number of nitrogens with one attached hydrogen (secondary N) is 2. The second-order valence-corrected chi connectivity index (χ2v) is 18.1. The number of sulfonamides is 1. The van der Waals surface area contributed by atoms with Crippen LogP contribution in [0.2, 0.25) is 0 Å². The molecule has 2 aliphatic carbocycles. The Labute approximate surface area is 338 Å². The molecule has 58 heavy (non-hydrogen) atoms. The number of morpholine rings is 1. The molecule has 2 aromatic carbocycles. The average Bonchev–Trinajstić information content (AvgIpc) is 4.16. The second kappa shape index (κ2) is 16.7. The summed E-state index contributed by atoms with van der Waals surface area (Å²) in [5.74, 6) is -1.75. The quantitative estimate of drug-likeness (QED) is 0.299. The van der Waals surface area contributed by atoms with Crippen molar-refractivity contribution in [3.8, 4) is 22.8 Å². The van der Waals surface area contributed by atoms with E-state index in [0.29, 0.717) is 68.3 Å². The van der Waals surface area contributed by atoms with Crippen molar-refractivity contribution in [1.29, 1.82) is 0 Å². The number of fused-ring (bicyclic) bond motifs is 3. The van der Waals surface area contributed by atoms with Gasteiger partial charge in [-0.15, -0.1) is 0 Å². The number of benzene rings is 2. The second-order valence-electron chi connectivity index (χ2n) is 16.1. The van der Waals surface area contributed by atoms with Crippen LogP contribution in [-0.4, -0.2) is 110 Å². The smallest absolute Gasteiger partial charge is 0.259 e. The molecule has 308 valence electrons. The van der Waals surface area contributed by atoms with Crippen molar-refractivity contribution in [2.45, 2.75) is 87.1 Å². The first-order chi connectivity index (χ1) is 28.0. The molecule has 3 aromatic rings. The molecular formula is C43H51N5O9S. The molecule has 0 bridgehead atoms. The highest BCUT2D eigenvalue weighted by Crippen LogP contribution is 2.46. The van der Waals surface area contributed by atoms with Crippen LogP contribution in [-0.2, 0) is 33.9 Å². The Hall–Kier alpha value is -5.02. The maximum Gasteiger partial charge on any atom is 0.259 e. The fourth-order valence-electron chi connectivity index (χ4n) is 8.47. The van der Waals surface area contributed by atoms with E-state index in [-0.39, 0.29) is 37.6 Å². The van der Waals surface area contributed by atoms with E-state index in [1.807, 2.05) is 66.7 Å². The number of aromatic nitrogens is 1. The van der Waals surface area contributed by atoms with Gasteiger partial charge in [0.1, 0.15) is 29.2 Å². The van der Waals surface area contributed by atoms with Crippen LogP contribution in [0, 0.1) is 11.8 Å². The minimum Gasteiger partial charge on any atom is -0.497 e. The first kappa shape index (κ1) is 39.8. The minimum atomic E-state index is -3.89. The highest BCUT2D eigenvalue weighted by molar-refractivity contribution is 7.91. The van der Waals surface area contributed by atoms with Gasteiger partial charge < -0.3 is 29.3 Å². The molecule has 2 N–H and O–H groups in total. The molecule has 5 atom stereocenters. The van der Waals surface area contributed by atoms with Crippen molar-refractivity contribution >= 4 is 44.6 Å². The van der Waals surface area contributed by atoms with Crippen LogP contribution in [0.3, 0.4) is 0 Å². The van der Waals surface area contributed by atoms with E-state index in [0.717, 1.165) is 36.6 Å². The van der Waals surface area contributed by atoms with Gasteiger partial charge in [0.05, 0.1) is 43.3 Å². The van der Waals surface area contributed by atoms with Crippen LogP contribution in [0.25, 0.3) is 22.2 Å². The van der Waals surface area contributed by atoms with E-state index in [1.165, 1.54) is 4.90 Å². The lowest BCUT2D eigenvalue weighted by Gasteiger charge is -2.31. The van der Waals surface area contributed by atoms with Crippen molar-refractivity contribution in [3.63, 3.8) is 0 Å². The zero-order chi connectivity index (χ0) is 40.4. The third-order valence-corrected chi connectivity index (χ3v) is 13.9. The van der Waals surface area contributed by atoms with Crippen molar-refractivity contribution in [3.05, 3.63) is 66.7 Å². The monoisotopic (exact) mass is 813 g/mol. The summed E-state index contributed by atoms with van der Waals surface area (Å²) < 4.78 is 45.9. The fourth-order valence-corrected chi connectivity index (χ4v) is 9.83. The van der Waals surface area contributed by atoms with E-state index in [2.05, 4.69) is 10.0 Å². The van der Waals surface area contributed by atoms with Gasteiger partial charge in [-0.05, 0) is 50.7 Å². The Morgan fingerprint density at radius 1 is 1.02 bits per heavy atom. The number of amides is 4. The van der Waals surface area contributed by atoms with Gasteiger partial charge in [0.2, 0.25) is 27.7 Å². The summed E-state index contributed by atoms with van der Waals surface area (Å²) in [4.78, 5) is 65.1. The lowest BCUT2D eigenvalue weighted by atomic mass is 9.94. The van der Waals surface area contributed by atoms with Crippen molar-refractivity contribution < 1.29 is 41.8 Å². The maximum absolute atomic E-state index is 14.8. The van der Waals surface area contributed by atoms with E-state index in [9.17, 15) is 27.6 Å². The molecule has 2 saturated carbocycles. The van der Waals surface area contributed by atoms with Gasteiger partial charge in [0, 0.05) is 60.8 Å². The summed E-state index contributed by atoms with van der Waals surface area (Å²) in [7, 11) is -2.30. The summed E-state index contributed by atoms with van der Waals surface area (Å²) in [6.07, 6.45) is 8.09. The van der Waals surface area contributed by atoms with Crippen LogP contribution in [0.5, 0.6) is 11.5 Å². The Bertz CT molecular complexity index is 2190. The summed E-state index contributed by atoms with van der Waals surface area (Å²) in [6.45, 7) is 1.83. The SMILES string of the molecule is COc1ccc2c(O[C@@H]3C[C@H]4C(=O)N[C@]5(C(=O)NS(=O)(=O)C6CC6)C[C@H]5/C=C\CCCCC[C@H](CC(=O)N5CCOCC5)C(=O)N4C3)cc(-c3ccccc3)nc2c1. The molecule has 1 aromatic heterocycles. The van der Waals surface area contributed by atoms with Gasteiger partial charge in [-0.3, -0.25) is 23.9 Å². The number of allylic oxidation sites excluding steroid dienone is 1. The Balaban J connectivity index is 1.12. The van der Waals surface area contributed by atoms with Crippen LogP contribution < -0.4 is 19.5 Å². The largest absolute Gasteiger partial charge is 0.497 e. The van der Waals surface area contributed by atoms with E-state index >= 15 is 0 Å². The lowest BCUT2D eigenvalue weighted by molar-refractivity contribution is -0.146. The highest BCUT2D eigenvalue weighted by Gasteiger charge is 2.62. The number of hydrogen-bond donors (Lipinski definition) is 2. The summed E-state index contributed by atoms with van der Waals surface area (Å²) in [5.41, 5.74) is 0.696. The molecular weight excluding hydrogens is 763 g/mol. The predicted octanol–water partition coefficient (Wildman–Crippen LogP) is 4.13. The Morgan fingerprint density at radius 2 is 1.81 bits per heavy atom. The molecule has 2 saturated heterocycles. The molecule has 0 unspecified atom stereocenters. The van der Waals surface area contributed by atoms with Crippen LogP contribution >= 0.6 is 0 Å². The number of carbonyl (C=O) groups excluding carboxylic acids is 4. The summed E-state index contributed by atoms with van der Waals surface area (Å²) in [5, 5.41) is 3.04. The van der Waals surface area contributed by atoms with Gasteiger partial charge in [-0.25, -0.2) is 13.4 Å². The zero-order valence-electron chi connectivity index (χ0n) is 32.8. The third-order valence-electron chi connectivity index (χ3n) is 12.1. The maximum atomic E-state index is 14.8. The molecule has 0 radical (unpaired) electrons. The van der Waals surface area contributed by atoms with Crippen LogP contribution in [0.15, 0.2) is 66.7 Å². The molecule has 8 rings (SSSR count). The van der Waals surface area contributed by atoms with Gasteiger partial charge in [0.25, 0.3) is 5.91 Å². The topological polar surface area (TPSA) is 174 Å². The number of carbonyl (C=O) groups is 4. The van der Waals surface area contributed by atoms with Gasteiger partial charge in [-0.1, -0.05) is 55.3 Å². The number of rotatable bonds is 9. The minimum absolute atomic E-state index is 0.000195. The van der Waals surface area contributed by atoms with Gasteiger partial charge >= 0.3 is 0 Å². The third kappa shape index (κ3) is 8.56. The fraction of sp³-hybridized carbons (Fsp3) is 0.512. The highest BCUT2D eigenvalue weighted by atomic mass is 32.2. The predicted molar refractivity (Wildman–Crippen MR) is 215 cm³/mol. The molecule has 0 spiro atoms. The number of nitrogens with zero attached hydrogens (tertiary/aromatic N) is 3. The Morgan fingerprint density at radius 3 is 2.57 bits per heavy atom. The zero-order valence-corrected chi connectivity index (χ0v) is 33.6. The first-order valence-corrected chi connectivity index (χ1v) is 22.0. The molecule has 3 aliphatic heterocycles. The van der Waals surface area contributed by atoms with Crippen molar-refractivity contribution in [2.75, 3.05) is 40.0 Å². The standard InChI is InChI=1S/C43H51N5O9S/c1-55-31-14-17-34-36(23-31)44-35(28-10-7-5-8-11-28)25-38(34)57-32-24-37-40(50)45-43(42(52)46-58(53,54)33-15-16-33)26-30(43)13-9-4-2-3-6-12-29(41(51)48(37)27-32)22-39(49)47-18-20-56-21-19-47/h5,7-11,13-14,17,23,25,29-30,32-33,37H,2-4,6,12,15-16,18-22,24,26-27H2,1H3,(H,45,50)(H,46,52)/b13-9-/t29-,30-,32-,37+,43-/m1/s1. The number of ether oxygens (including phenoxy) is 3. The molecule has 4 fully saturated rings. The molecule has 15 heteroatoms. The average molecular weight is 814 g/mol. The number of hydrogen-bond acceptors (Lipinski definition) is 10. The van der Waals surface area contributed by atoms with Gasteiger partial charge in [0.15, 0.2) is 0 Å². The first-order valence-electron chi connectivity index (χ1n) is 20.5. The van der Waals surface area contributed by atoms with Crippen LogP contribution in [0.1, 0.15) is 64.2 Å². The number of pyridine rings is 1. The van der Waals surface area contributed by atoms with Crippen molar-refractivity contribution in [1.82, 2.24) is 24.8 Å². The van der Waals surface area contributed by atoms with Gasteiger partial charge in [-0.2, -0.15) is 0 Å². The van der Waals surface area contributed by atoms with Crippen LogP contribution in [0.4, 0.5) is 0 Å². The van der Waals surface area contributed by atoms with Crippen molar-refractivity contribution in [2.24, 2.45) is 11.8 Å². The number of methoxy groups -OCH3 is 1. The molecule has 4 heterocycles. The van der Waals surface area contributed by atoms with E-state index in [4.69, 9.17) is 19.2 Å². The Kier molecular flexibility index (Phi) is 11.4. The van der Waals surface area contributed by atoms with E-state index in [1.54, 1.807) is 12.0 Å². The molecule has 4 amide bonds. The summed E-state index contributed by atoms with van der Waals surface area (Å²) >= 11 is 0. The molecule has 14 nitrogen and oxygen atoms in total. The van der Waals surface area contributed by atoms with E-state index < -0.39 is 56.6 Å². The molecule has 5 aliphatic rings. The normalized spacial score (nSPS) is 27.3. The lowest BCUT2D eigenvalue weighted by Crippen LogP contribution is -2.57.